The van der Waals surface area contributed by atoms with Gasteiger partial charge >= 0.3 is 0 Å². The minimum Gasteiger partial charge on any atom is -0.395 e. The molecule has 0 aliphatic heterocycles. The molecule has 4 rings (SSSR count). The van der Waals surface area contributed by atoms with Crippen LogP contribution in [0.2, 0.25) is 0 Å². The summed E-state index contributed by atoms with van der Waals surface area (Å²) in [5.41, 5.74) is 6.37. The summed E-state index contributed by atoms with van der Waals surface area (Å²) in [7, 11) is 3.82. The number of hydrogen-bond acceptors (Lipinski definition) is 14. The topological polar surface area (TPSA) is 191 Å². The highest BCUT2D eigenvalue weighted by atomic mass is 17.1. The number of anilines is 5. The van der Waals surface area contributed by atoms with Crippen molar-refractivity contribution in [2.45, 2.75) is 27.1 Å². The molecule has 0 aliphatic carbocycles. The van der Waals surface area contributed by atoms with E-state index < -0.39 is 0 Å². The van der Waals surface area contributed by atoms with Crippen LogP contribution in [0.15, 0.2) is 70.9 Å². The Morgan fingerprint density at radius 1 is 0.721 bits per heavy atom. The predicted molar refractivity (Wildman–Crippen MR) is 166 cm³/mol. The van der Waals surface area contributed by atoms with Gasteiger partial charge in [-0.05, 0) is 85.1 Å². The van der Waals surface area contributed by atoms with Crippen molar-refractivity contribution in [1.82, 2.24) is 15.0 Å². The molecule has 0 radical (unpaired) electrons. The Kier molecular flexibility index (Phi) is 13.2. The number of nitrogens with zero attached hydrogens (tertiary/aromatic N) is 5. The zero-order valence-corrected chi connectivity index (χ0v) is 24.5. The highest BCUT2D eigenvalue weighted by molar-refractivity contribution is 5.61. The van der Waals surface area contributed by atoms with Crippen molar-refractivity contribution < 1.29 is 25.4 Å². The van der Waals surface area contributed by atoms with Crippen LogP contribution in [0.3, 0.4) is 0 Å². The lowest BCUT2D eigenvalue weighted by Crippen LogP contribution is -2.11. The molecule has 14 nitrogen and oxygen atoms in total. The summed E-state index contributed by atoms with van der Waals surface area (Å²) in [6.07, 6.45) is 0. The number of hydrogen-bond donors (Lipinski definition) is 7. The SMILES string of the molecule is CNc1ccc(NC)cc1.Cc1nc(NCCO)nc(Nc2ccc(N=Nc3cc(COO)cc(COO)c3)c(C)c2)n1. The first kappa shape index (κ1) is 32.8. The van der Waals surface area contributed by atoms with Crippen LogP contribution in [0, 0.1) is 13.8 Å². The first-order valence-electron chi connectivity index (χ1n) is 13.3. The van der Waals surface area contributed by atoms with Crippen molar-refractivity contribution in [1.29, 1.82) is 0 Å². The van der Waals surface area contributed by atoms with Crippen LogP contribution < -0.4 is 21.3 Å². The summed E-state index contributed by atoms with van der Waals surface area (Å²) in [6, 6.07) is 18.8. The zero-order valence-electron chi connectivity index (χ0n) is 24.5. The number of aliphatic hydroxyl groups excluding tert-OH is 1. The largest absolute Gasteiger partial charge is 0.395 e. The lowest BCUT2D eigenvalue weighted by molar-refractivity contribution is -0.254. The van der Waals surface area contributed by atoms with Gasteiger partial charge in [0.05, 0.1) is 18.0 Å². The molecule has 0 bridgehead atoms. The van der Waals surface area contributed by atoms with Gasteiger partial charge in [-0.1, -0.05) is 6.07 Å². The van der Waals surface area contributed by atoms with Gasteiger partial charge < -0.3 is 26.4 Å². The summed E-state index contributed by atoms with van der Waals surface area (Å²) in [4.78, 5) is 21.1. The summed E-state index contributed by atoms with van der Waals surface area (Å²) in [5.74, 6) is 1.29. The van der Waals surface area contributed by atoms with Crippen LogP contribution in [-0.4, -0.2) is 57.8 Å². The maximum atomic E-state index is 8.95. The fourth-order valence-corrected chi connectivity index (χ4v) is 3.79. The number of aryl methyl sites for hydroxylation is 2. The van der Waals surface area contributed by atoms with E-state index in [1.54, 1.807) is 31.2 Å². The summed E-state index contributed by atoms with van der Waals surface area (Å²) in [6.45, 7) is 3.90. The third-order valence-electron chi connectivity index (χ3n) is 5.83. The van der Waals surface area contributed by atoms with E-state index in [-0.39, 0.29) is 19.8 Å². The van der Waals surface area contributed by atoms with Gasteiger partial charge in [0.1, 0.15) is 19.0 Å². The van der Waals surface area contributed by atoms with Gasteiger partial charge in [0, 0.05) is 37.7 Å². The van der Waals surface area contributed by atoms with Gasteiger partial charge in [-0.15, -0.1) is 0 Å². The van der Waals surface area contributed by atoms with E-state index in [4.69, 9.17) is 15.6 Å². The average Bonchev–Trinajstić information content (AvgIpc) is 3.00. The van der Waals surface area contributed by atoms with Crippen LogP contribution in [0.1, 0.15) is 22.5 Å². The number of nitrogens with one attached hydrogen (secondary N) is 4. The van der Waals surface area contributed by atoms with Crippen molar-refractivity contribution in [2.24, 2.45) is 10.2 Å². The number of aromatic nitrogens is 3. The third-order valence-corrected chi connectivity index (χ3v) is 5.83. The molecular formula is C29H37N9O5. The van der Waals surface area contributed by atoms with Crippen LogP contribution in [0.4, 0.5) is 40.3 Å². The molecule has 1 aromatic heterocycles. The number of aliphatic hydroxyl groups is 1. The maximum absolute atomic E-state index is 8.95. The molecule has 0 aliphatic rings. The smallest absolute Gasteiger partial charge is 0.232 e. The van der Waals surface area contributed by atoms with Crippen LogP contribution in [0.25, 0.3) is 0 Å². The van der Waals surface area contributed by atoms with E-state index in [9.17, 15) is 0 Å². The summed E-state index contributed by atoms with van der Waals surface area (Å²) in [5, 5.41) is 47.1. The van der Waals surface area contributed by atoms with Gasteiger partial charge in [-0.2, -0.15) is 25.2 Å². The van der Waals surface area contributed by atoms with Crippen molar-refractivity contribution in [3.63, 3.8) is 0 Å². The molecule has 228 valence electrons. The highest BCUT2D eigenvalue weighted by Gasteiger charge is 2.07. The van der Waals surface area contributed by atoms with E-state index in [1.165, 1.54) is 0 Å². The van der Waals surface area contributed by atoms with E-state index in [1.807, 2.05) is 57.4 Å². The second-order valence-electron chi connectivity index (χ2n) is 9.14. The molecule has 4 aromatic rings. The summed E-state index contributed by atoms with van der Waals surface area (Å²) < 4.78 is 0. The molecule has 7 N–H and O–H groups in total. The lowest BCUT2D eigenvalue weighted by atomic mass is 10.1. The molecule has 0 fully saturated rings. The first-order valence-corrected chi connectivity index (χ1v) is 13.3. The molecule has 1 heterocycles. The molecule has 0 spiro atoms. The monoisotopic (exact) mass is 591 g/mol. The molecule has 3 aromatic carbocycles. The van der Waals surface area contributed by atoms with Crippen molar-refractivity contribution in [2.75, 3.05) is 48.5 Å². The Labute approximate surface area is 249 Å². The van der Waals surface area contributed by atoms with Crippen molar-refractivity contribution >= 4 is 40.3 Å². The van der Waals surface area contributed by atoms with E-state index in [0.29, 0.717) is 46.8 Å². The third kappa shape index (κ3) is 10.9. The van der Waals surface area contributed by atoms with Crippen LogP contribution in [0.5, 0.6) is 0 Å². The molecule has 43 heavy (non-hydrogen) atoms. The summed E-state index contributed by atoms with van der Waals surface area (Å²) >= 11 is 0. The zero-order chi connectivity index (χ0) is 31.0. The fourth-order valence-electron chi connectivity index (χ4n) is 3.79. The minimum absolute atomic E-state index is 0.0290. The van der Waals surface area contributed by atoms with Crippen LogP contribution in [-0.2, 0) is 23.0 Å². The molecule has 0 amide bonds. The normalized spacial score (nSPS) is 10.7. The van der Waals surface area contributed by atoms with Gasteiger partial charge in [-0.3, -0.25) is 10.5 Å². The Morgan fingerprint density at radius 3 is 1.84 bits per heavy atom. The average molecular weight is 592 g/mol. The maximum Gasteiger partial charge on any atom is 0.232 e. The molecular weight excluding hydrogens is 554 g/mol. The highest BCUT2D eigenvalue weighted by Crippen LogP contribution is 2.27. The fraction of sp³-hybridized carbons (Fsp3) is 0.276. The van der Waals surface area contributed by atoms with Crippen molar-refractivity contribution in [3.8, 4) is 0 Å². The quantitative estimate of drug-likeness (QED) is 0.0562. The van der Waals surface area contributed by atoms with Gasteiger partial charge in [0.2, 0.25) is 11.9 Å². The van der Waals surface area contributed by atoms with Gasteiger partial charge in [-0.25, -0.2) is 9.78 Å². The molecule has 0 atom stereocenters. The number of azo groups is 1. The molecule has 0 unspecified atom stereocenters. The van der Waals surface area contributed by atoms with Gasteiger partial charge in [0.25, 0.3) is 0 Å². The predicted octanol–water partition coefficient (Wildman–Crippen LogP) is 5.80. The van der Waals surface area contributed by atoms with Crippen LogP contribution >= 0.6 is 0 Å². The Balaban J connectivity index is 0.000000428. The first-order chi connectivity index (χ1) is 20.9. The minimum atomic E-state index is -0.0328. The van der Waals surface area contributed by atoms with Gasteiger partial charge in [0.15, 0.2) is 0 Å². The Morgan fingerprint density at radius 2 is 1.30 bits per heavy atom. The lowest BCUT2D eigenvalue weighted by Gasteiger charge is -2.09. The van der Waals surface area contributed by atoms with E-state index in [0.717, 1.165) is 22.6 Å². The Bertz CT molecular complexity index is 1420. The Hall–Kier alpha value is -4.73. The van der Waals surface area contributed by atoms with Crippen molar-refractivity contribution in [3.05, 3.63) is 83.2 Å². The molecule has 0 saturated carbocycles. The number of benzene rings is 3. The second kappa shape index (κ2) is 17.3. The molecule has 0 saturated heterocycles. The van der Waals surface area contributed by atoms with E-state index >= 15 is 0 Å². The number of rotatable bonds is 13. The standard InChI is InChI=1S/C21H25N7O5.C8H12N2/c1-13-7-17(25-21-24-14(2)23-20(26-21)22-5-6-29)3-4-19(13)28-27-18-9-15(11-32-30)8-16(10-18)12-33-31;1-9-7-3-5-8(10-2)6-4-7/h3-4,7-10,29-31H,5-6,11-12H2,1-2H3,(H2,22,23,24,25,26);3-6,9-10H,1-2H3. The molecule has 14 heteroatoms. The second-order valence-corrected chi connectivity index (χ2v) is 9.14. The van der Waals surface area contributed by atoms with E-state index in [2.05, 4.69) is 56.2 Å².